The van der Waals surface area contributed by atoms with Gasteiger partial charge in [0.1, 0.15) is 5.75 Å². The zero-order valence-electron chi connectivity index (χ0n) is 12.9. The van der Waals surface area contributed by atoms with E-state index in [9.17, 15) is 14.7 Å². The second kappa shape index (κ2) is 6.02. The summed E-state index contributed by atoms with van der Waals surface area (Å²) < 4.78 is 1.52. The maximum atomic E-state index is 12.9. The molecule has 0 saturated heterocycles. The Labute approximate surface area is 143 Å². The highest BCUT2D eigenvalue weighted by atomic mass is 35.5. The number of phenols is 1. The third-order valence-electron chi connectivity index (χ3n) is 3.96. The molecule has 0 aliphatic rings. The average molecular weight is 343 g/mol. The monoisotopic (exact) mass is 342 g/mol. The fraction of sp³-hybridized carbons (Fsp3) is 0.111. The summed E-state index contributed by atoms with van der Waals surface area (Å²) >= 11 is 5.87. The number of nitrogens with two attached hydrogens (primary N) is 1. The lowest BCUT2D eigenvalue weighted by molar-refractivity contribution is -0.117. The number of fused-ring (bicyclic) bond motifs is 1. The van der Waals surface area contributed by atoms with Crippen molar-refractivity contribution in [2.24, 2.45) is 5.73 Å². The zero-order valence-corrected chi connectivity index (χ0v) is 13.7. The molecule has 0 unspecified atom stereocenters. The fourth-order valence-electron chi connectivity index (χ4n) is 2.85. The van der Waals surface area contributed by atoms with E-state index in [1.165, 1.54) is 16.7 Å². The Morgan fingerprint density at radius 1 is 1.17 bits per heavy atom. The molecule has 122 valence electrons. The third-order valence-corrected chi connectivity index (χ3v) is 4.22. The zero-order chi connectivity index (χ0) is 17.4. The van der Waals surface area contributed by atoms with Crippen molar-refractivity contribution in [3.05, 3.63) is 64.3 Å². The highest BCUT2D eigenvalue weighted by molar-refractivity contribution is 6.30. The smallest absolute Gasteiger partial charge is 0.262 e. The molecule has 0 radical (unpaired) electrons. The number of hydrogen-bond donors (Lipinski definition) is 2. The van der Waals surface area contributed by atoms with Crippen molar-refractivity contribution in [3.8, 4) is 5.75 Å². The van der Waals surface area contributed by atoms with Gasteiger partial charge in [0.05, 0.1) is 11.9 Å². The standard InChI is InChI=1S/C18H15ClN2O3/c1-10-14(9-17(20)23)15-8-13(22)6-7-16(15)21(10)18(24)11-2-4-12(19)5-3-11/h2-8,22H,9H2,1H3,(H2,20,23). The van der Waals surface area contributed by atoms with Crippen LogP contribution in [0.5, 0.6) is 5.75 Å². The molecule has 2 aromatic carbocycles. The summed E-state index contributed by atoms with van der Waals surface area (Å²) in [6.07, 6.45) is -0.00726. The van der Waals surface area contributed by atoms with Gasteiger partial charge >= 0.3 is 0 Å². The van der Waals surface area contributed by atoms with Crippen molar-refractivity contribution in [3.63, 3.8) is 0 Å². The summed E-state index contributed by atoms with van der Waals surface area (Å²) in [5.74, 6) is -0.681. The van der Waals surface area contributed by atoms with E-state index in [4.69, 9.17) is 17.3 Å². The predicted molar refractivity (Wildman–Crippen MR) is 92.4 cm³/mol. The van der Waals surface area contributed by atoms with Gasteiger partial charge in [0.25, 0.3) is 5.91 Å². The summed E-state index contributed by atoms with van der Waals surface area (Å²) in [6, 6.07) is 11.3. The van der Waals surface area contributed by atoms with Gasteiger partial charge in [-0.1, -0.05) is 11.6 Å². The molecule has 0 aliphatic heterocycles. The van der Waals surface area contributed by atoms with Gasteiger partial charge in [-0.15, -0.1) is 0 Å². The maximum Gasteiger partial charge on any atom is 0.262 e. The molecule has 0 bridgehead atoms. The number of aromatic nitrogens is 1. The molecule has 3 N–H and O–H groups in total. The first kappa shape index (κ1) is 16.1. The minimum atomic E-state index is -0.501. The minimum absolute atomic E-state index is 0.00726. The molecular weight excluding hydrogens is 328 g/mol. The van der Waals surface area contributed by atoms with Crippen molar-refractivity contribution in [2.75, 3.05) is 0 Å². The quantitative estimate of drug-likeness (QED) is 0.767. The number of carbonyl (C=O) groups is 2. The van der Waals surface area contributed by atoms with E-state index in [-0.39, 0.29) is 18.1 Å². The summed E-state index contributed by atoms with van der Waals surface area (Å²) in [6.45, 7) is 1.75. The normalized spacial score (nSPS) is 10.9. The lowest BCUT2D eigenvalue weighted by atomic mass is 10.1. The number of rotatable bonds is 3. The molecule has 3 rings (SSSR count). The van der Waals surface area contributed by atoms with E-state index in [2.05, 4.69) is 0 Å². The van der Waals surface area contributed by atoms with Crippen LogP contribution in [0.4, 0.5) is 0 Å². The molecule has 24 heavy (non-hydrogen) atoms. The lowest BCUT2D eigenvalue weighted by Crippen LogP contribution is -2.16. The van der Waals surface area contributed by atoms with E-state index < -0.39 is 5.91 Å². The van der Waals surface area contributed by atoms with Crippen molar-refractivity contribution in [2.45, 2.75) is 13.3 Å². The molecule has 1 amide bonds. The van der Waals surface area contributed by atoms with E-state index >= 15 is 0 Å². The number of benzene rings is 2. The predicted octanol–water partition coefficient (Wildman–Crippen LogP) is 3.03. The van der Waals surface area contributed by atoms with Gasteiger partial charge in [0, 0.05) is 21.7 Å². The molecule has 0 fully saturated rings. The number of halogens is 1. The summed E-state index contributed by atoms with van der Waals surface area (Å²) in [4.78, 5) is 24.3. The van der Waals surface area contributed by atoms with E-state index in [1.807, 2.05) is 0 Å². The van der Waals surface area contributed by atoms with Gasteiger partial charge in [-0.3, -0.25) is 14.2 Å². The van der Waals surface area contributed by atoms with Crippen LogP contribution in [0.15, 0.2) is 42.5 Å². The Morgan fingerprint density at radius 2 is 1.83 bits per heavy atom. The molecule has 1 heterocycles. The molecule has 1 aromatic heterocycles. The summed E-state index contributed by atoms with van der Waals surface area (Å²) in [5.41, 5.74) is 7.66. The average Bonchev–Trinajstić information content (AvgIpc) is 2.79. The Bertz CT molecular complexity index is 959. The largest absolute Gasteiger partial charge is 0.508 e. The maximum absolute atomic E-state index is 12.9. The van der Waals surface area contributed by atoms with Crippen LogP contribution >= 0.6 is 11.6 Å². The van der Waals surface area contributed by atoms with Crippen molar-refractivity contribution >= 4 is 34.3 Å². The number of carbonyl (C=O) groups excluding carboxylic acids is 2. The third kappa shape index (κ3) is 2.74. The van der Waals surface area contributed by atoms with Crippen molar-refractivity contribution < 1.29 is 14.7 Å². The van der Waals surface area contributed by atoms with E-state index in [0.29, 0.717) is 32.7 Å². The van der Waals surface area contributed by atoms with E-state index in [1.54, 1.807) is 37.3 Å². The van der Waals surface area contributed by atoms with Crippen LogP contribution in [-0.4, -0.2) is 21.5 Å². The first-order valence-corrected chi connectivity index (χ1v) is 7.67. The van der Waals surface area contributed by atoms with Gasteiger partial charge in [-0.25, -0.2) is 0 Å². The van der Waals surface area contributed by atoms with Crippen LogP contribution in [-0.2, 0) is 11.2 Å². The second-order valence-corrected chi connectivity index (χ2v) is 5.99. The number of hydrogen-bond acceptors (Lipinski definition) is 3. The number of phenolic OH excluding ortho intramolecular Hbond substituents is 1. The van der Waals surface area contributed by atoms with Crippen LogP contribution in [0.1, 0.15) is 21.6 Å². The Kier molecular flexibility index (Phi) is 4.03. The number of amides is 1. The first-order chi connectivity index (χ1) is 11.4. The fourth-order valence-corrected chi connectivity index (χ4v) is 2.98. The molecule has 5 nitrogen and oxygen atoms in total. The molecule has 6 heteroatoms. The van der Waals surface area contributed by atoms with Gasteiger partial charge < -0.3 is 10.8 Å². The van der Waals surface area contributed by atoms with Crippen LogP contribution in [0.2, 0.25) is 5.02 Å². The first-order valence-electron chi connectivity index (χ1n) is 7.30. The van der Waals surface area contributed by atoms with Gasteiger partial charge in [0.2, 0.25) is 5.91 Å². The van der Waals surface area contributed by atoms with Crippen LogP contribution in [0.25, 0.3) is 10.9 Å². The molecular formula is C18H15ClN2O3. The number of aromatic hydroxyl groups is 1. The Hall–Kier alpha value is -2.79. The van der Waals surface area contributed by atoms with Gasteiger partial charge in [-0.05, 0) is 55.0 Å². The van der Waals surface area contributed by atoms with Crippen molar-refractivity contribution in [1.82, 2.24) is 4.57 Å². The highest BCUT2D eigenvalue weighted by Crippen LogP contribution is 2.30. The number of primary amides is 1. The number of nitrogens with zero attached hydrogens (tertiary/aromatic N) is 1. The lowest BCUT2D eigenvalue weighted by Gasteiger charge is -2.07. The molecule has 0 spiro atoms. The minimum Gasteiger partial charge on any atom is -0.508 e. The highest BCUT2D eigenvalue weighted by Gasteiger charge is 2.21. The van der Waals surface area contributed by atoms with Gasteiger partial charge in [-0.2, -0.15) is 0 Å². The van der Waals surface area contributed by atoms with E-state index in [0.717, 1.165) is 0 Å². The van der Waals surface area contributed by atoms with Gasteiger partial charge in [0.15, 0.2) is 0 Å². The topological polar surface area (TPSA) is 85.3 Å². The Morgan fingerprint density at radius 3 is 2.46 bits per heavy atom. The second-order valence-electron chi connectivity index (χ2n) is 5.56. The molecule has 3 aromatic rings. The SMILES string of the molecule is Cc1c(CC(N)=O)c2cc(O)ccc2n1C(=O)c1ccc(Cl)cc1. The molecule has 0 atom stereocenters. The van der Waals surface area contributed by atoms with Crippen LogP contribution in [0.3, 0.4) is 0 Å². The Balaban J connectivity index is 2.24. The molecule has 0 aliphatic carbocycles. The summed E-state index contributed by atoms with van der Waals surface area (Å²) in [7, 11) is 0. The van der Waals surface area contributed by atoms with Crippen molar-refractivity contribution in [1.29, 1.82) is 0 Å². The molecule has 0 saturated carbocycles. The summed E-state index contributed by atoms with van der Waals surface area (Å²) in [5, 5.41) is 10.9. The van der Waals surface area contributed by atoms with Crippen LogP contribution < -0.4 is 5.73 Å². The van der Waals surface area contributed by atoms with Crippen LogP contribution in [0, 0.1) is 6.92 Å².